The summed E-state index contributed by atoms with van der Waals surface area (Å²) in [6.07, 6.45) is 6.83. The Morgan fingerprint density at radius 2 is 1.62 bits per heavy atom. The Kier molecular flexibility index (Phi) is 4.82. The van der Waals surface area contributed by atoms with Crippen LogP contribution in [0.5, 0.6) is 0 Å². The van der Waals surface area contributed by atoms with Crippen LogP contribution >= 0.6 is 0 Å². The summed E-state index contributed by atoms with van der Waals surface area (Å²) in [7, 11) is 0. The van der Waals surface area contributed by atoms with Crippen molar-refractivity contribution in [1.82, 2.24) is 0 Å². The van der Waals surface area contributed by atoms with Gasteiger partial charge < -0.3 is 5.73 Å². The number of aliphatic imine (C=N–C) groups is 1. The van der Waals surface area contributed by atoms with Crippen molar-refractivity contribution < 1.29 is 0 Å². The molecule has 0 aromatic carbocycles. The molecule has 1 rings (SSSR count). The number of amidine groups is 1. The van der Waals surface area contributed by atoms with Crippen molar-refractivity contribution >= 4 is 5.84 Å². The Morgan fingerprint density at radius 1 is 1.12 bits per heavy atom. The summed E-state index contributed by atoms with van der Waals surface area (Å²) in [4.78, 5) is 4.56. The van der Waals surface area contributed by atoms with Crippen molar-refractivity contribution in [2.45, 2.75) is 59.8 Å². The fraction of sp³-hybridized carbons (Fsp3) is 0.929. The minimum atomic E-state index is 0.0284. The molecule has 0 bridgehead atoms. The van der Waals surface area contributed by atoms with Crippen molar-refractivity contribution in [3.63, 3.8) is 0 Å². The maximum atomic E-state index is 5.97. The SMILES string of the molecule is CCC1CCC(CN=C(N)C(C)(C)C)CC1. The smallest absolute Gasteiger partial charge is 0.0991 e. The Hall–Kier alpha value is -0.530. The van der Waals surface area contributed by atoms with Crippen LogP contribution in [0.4, 0.5) is 0 Å². The molecule has 1 fully saturated rings. The number of hydrogen-bond donors (Lipinski definition) is 1. The van der Waals surface area contributed by atoms with E-state index in [4.69, 9.17) is 5.73 Å². The average molecular weight is 224 g/mol. The van der Waals surface area contributed by atoms with Crippen LogP contribution in [0.1, 0.15) is 59.8 Å². The lowest BCUT2D eigenvalue weighted by molar-refractivity contribution is 0.274. The highest BCUT2D eigenvalue weighted by molar-refractivity contribution is 5.85. The van der Waals surface area contributed by atoms with Gasteiger partial charge in [0, 0.05) is 12.0 Å². The third-order valence-corrected chi connectivity index (χ3v) is 3.83. The van der Waals surface area contributed by atoms with E-state index >= 15 is 0 Å². The van der Waals surface area contributed by atoms with Crippen LogP contribution in [-0.2, 0) is 0 Å². The van der Waals surface area contributed by atoms with Gasteiger partial charge in [-0.1, -0.05) is 47.0 Å². The first-order chi connectivity index (χ1) is 7.43. The van der Waals surface area contributed by atoms with Crippen molar-refractivity contribution in [2.75, 3.05) is 6.54 Å². The minimum Gasteiger partial charge on any atom is -0.387 e. The lowest BCUT2D eigenvalue weighted by atomic mass is 9.81. The lowest BCUT2D eigenvalue weighted by Crippen LogP contribution is -2.30. The van der Waals surface area contributed by atoms with Crippen LogP contribution < -0.4 is 5.73 Å². The van der Waals surface area contributed by atoms with E-state index in [2.05, 4.69) is 32.7 Å². The molecule has 16 heavy (non-hydrogen) atoms. The molecule has 1 saturated carbocycles. The minimum absolute atomic E-state index is 0.0284. The standard InChI is InChI=1S/C14H28N2/c1-5-11-6-8-12(9-7-11)10-16-13(15)14(2,3)4/h11-12H,5-10H2,1-4H3,(H2,15,16). The first kappa shape index (κ1) is 13.5. The molecule has 0 aromatic rings. The lowest BCUT2D eigenvalue weighted by Gasteiger charge is -2.27. The molecule has 2 N–H and O–H groups in total. The van der Waals surface area contributed by atoms with E-state index in [1.54, 1.807) is 0 Å². The summed E-state index contributed by atoms with van der Waals surface area (Å²) >= 11 is 0. The van der Waals surface area contributed by atoms with E-state index in [0.717, 1.165) is 24.2 Å². The summed E-state index contributed by atoms with van der Waals surface area (Å²) in [5.41, 5.74) is 6.00. The van der Waals surface area contributed by atoms with Crippen LogP contribution in [-0.4, -0.2) is 12.4 Å². The highest BCUT2D eigenvalue weighted by Crippen LogP contribution is 2.30. The van der Waals surface area contributed by atoms with Gasteiger partial charge in [0.1, 0.15) is 0 Å². The van der Waals surface area contributed by atoms with Crippen LogP contribution in [0, 0.1) is 17.3 Å². The Bertz CT molecular complexity index is 230. The fourth-order valence-electron chi connectivity index (χ4n) is 2.29. The third kappa shape index (κ3) is 4.15. The van der Waals surface area contributed by atoms with Crippen molar-refractivity contribution in [3.8, 4) is 0 Å². The molecular formula is C14H28N2. The van der Waals surface area contributed by atoms with Gasteiger partial charge in [0.15, 0.2) is 0 Å². The first-order valence-corrected chi connectivity index (χ1v) is 6.74. The molecule has 0 aromatic heterocycles. The zero-order chi connectivity index (χ0) is 12.2. The molecule has 0 heterocycles. The summed E-state index contributed by atoms with van der Waals surface area (Å²) in [5, 5.41) is 0. The zero-order valence-corrected chi connectivity index (χ0v) is 11.4. The molecule has 2 heteroatoms. The Morgan fingerprint density at radius 3 is 2.06 bits per heavy atom. The summed E-state index contributed by atoms with van der Waals surface area (Å²) < 4.78 is 0. The maximum absolute atomic E-state index is 5.97. The van der Waals surface area contributed by atoms with Crippen LogP contribution in [0.3, 0.4) is 0 Å². The summed E-state index contributed by atoms with van der Waals surface area (Å²) in [6.45, 7) is 9.62. The van der Waals surface area contributed by atoms with Gasteiger partial charge in [0.25, 0.3) is 0 Å². The number of rotatable bonds is 3. The quantitative estimate of drug-likeness (QED) is 0.577. The summed E-state index contributed by atoms with van der Waals surface area (Å²) in [6, 6.07) is 0. The van der Waals surface area contributed by atoms with Gasteiger partial charge in [0.05, 0.1) is 5.84 Å². The molecule has 2 nitrogen and oxygen atoms in total. The molecule has 0 radical (unpaired) electrons. The van der Waals surface area contributed by atoms with Gasteiger partial charge in [0.2, 0.25) is 0 Å². The molecule has 0 spiro atoms. The molecule has 0 atom stereocenters. The largest absolute Gasteiger partial charge is 0.387 e. The fourth-order valence-corrected chi connectivity index (χ4v) is 2.29. The van der Waals surface area contributed by atoms with Crippen LogP contribution in [0.25, 0.3) is 0 Å². The topological polar surface area (TPSA) is 38.4 Å². The second-order valence-corrected chi connectivity index (χ2v) is 6.27. The first-order valence-electron chi connectivity index (χ1n) is 6.74. The van der Waals surface area contributed by atoms with Gasteiger partial charge in [-0.05, 0) is 24.7 Å². The van der Waals surface area contributed by atoms with Gasteiger partial charge in [-0.3, -0.25) is 4.99 Å². The zero-order valence-electron chi connectivity index (χ0n) is 11.4. The van der Waals surface area contributed by atoms with Gasteiger partial charge in [-0.25, -0.2) is 0 Å². The van der Waals surface area contributed by atoms with E-state index in [0.29, 0.717) is 0 Å². The highest BCUT2D eigenvalue weighted by Gasteiger charge is 2.21. The second-order valence-electron chi connectivity index (χ2n) is 6.27. The van der Waals surface area contributed by atoms with Crippen LogP contribution in [0.15, 0.2) is 4.99 Å². The molecule has 1 aliphatic rings. The van der Waals surface area contributed by atoms with E-state index in [1.807, 2.05) is 0 Å². The monoisotopic (exact) mass is 224 g/mol. The van der Waals surface area contributed by atoms with Crippen molar-refractivity contribution in [2.24, 2.45) is 28.0 Å². The highest BCUT2D eigenvalue weighted by atomic mass is 14.9. The molecule has 0 unspecified atom stereocenters. The van der Waals surface area contributed by atoms with Gasteiger partial charge in [-0.15, -0.1) is 0 Å². The maximum Gasteiger partial charge on any atom is 0.0991 e. The van der Waals surface area contributed by atoms with Gasteiger partial charge in [-0.2, -0.15) is 0 Å². The van der Waals surface area contributed by atoms with Crippen molar-refractivity contribution in [1.29, 1.82) is 0 Å². The Balaban J connectivity index is 2.35. The average Bonchev–Trinajstić information content (AvgIpc) is 2.25. The summed E-state index contributed by atoms with van der Waals surface area (Å²) in [5.74, 6) is 2.56. The predicted molar refractivity (Wildman–Crippen MR) is 71.7 cm³/mol. The van der Waals surface area contributed by atoms with E-state index < -0.39 is 0 Å². The number of hydrogen-bond acceptors (Lipinski definition) is 1. The van der Waals surface area contributed by atoms with E-state index in [-0.39, 0.29) is 5.41 Å². The number of nitrogens with two attached hydrogens (primary N) is 1. The second kappa shape index (κ2) is 5.70. The van der Waals surface area contributed by atoms with E-state index in [9.17, 15) is 0 Å². The normalized spacial score (nSPS) is 28.1. The molecule has 0 saturated heterocycles. The number of nitrogens with zero attached hydrogens (tertiary/aromatic N) is 1. The third-order valence-electron chi connectivity index (χ3n) is 3.83. The van der Waals surface area contributed by atoms with Crippen LogP contribution in [0.2, 0.25) is 0 Å². The van der Waals surface area contributed by atoms with Gasteiger partial charge >= 0.3 is 0 Å². The molecular weight excluding hydrogens is 196 g/mol. The molecule has 1 aliphatic carbocycles. The molecule has 94 valence electrons. The Labute approximate surface area is 101 Å². The molecule has 0 amide bonds. The van der Waals surface area contributed by atoms with Crippen molar-refractivity contribution in [3.05, 3.63) is 0 Å². The van der Waals surface area contributed by atoms with E-state index in [1.165, 1.54) is 32.1 Å². The predicted octanol–water partition coefficient (Wildman–Crippen LogP) is 3.61. The molecule has 0 aliphatic heterocycles.